The number of aromatic amines is 1. The van der Waals surface area contributed by atoms with Crippen LogP contribution in [0.1, 0.15) is 48.0 Å². The number of anilines is 1. The zero-order valence-electron chi connectivity index (χ0n) is 16.0. The van der Waals surface area contributed by atoms with Crippen LogP contribution in [0.2, 0.25) is 0 Å². The van der Waals surface area contributed by atoms with Gasteiger partial charge in [-0.3, -0.25) is 14.6 Å². The molecular formula is C18H23FN6O4. The van der Waals surface area contributed by atoms with Crippen LogP contribution in [-0.2, 0) is 16.5 Å². The number of carbonyl (C=O) groups excluding carboxylic acids is 2. The summed E-state index contributed by atoms with van der Waals surface area (Å²) >= 11 is 0. The van der Waals surface area contributed by atoms with Crippen molar-refractivity contribution in [3.63, 3.8) is 0 Å². The van der Waals surface area contributed by atoms with E-state index in [1.54, 1.807) is 19.2 Å². The number of alkyl halides is 1. The predicted octanol–water partition coefficient (Wildman–Crippen LogP) is 1.84. The number of hydrogen-bond donors (Lipinski definition) is 3. The summed E-state index contributed by atoms with van der Waals surface area (Å²) in [6.07, 6.45) is 2.73. The highest BCUT2D eigenvalue weighted by Gasteiger charge is 2.40. The average Bonchev–Trinajstić information content (AvgIpc) is 3.39. The van der Waals surface area contributed by atoms with E-state index in [9.17, 15) is 14.0 Å². The third kappa shape index (κ3) is 4.09. The minimum Gasteiger partial charge on any atom is -0.444 e. The highest BCUT2D eigenvalue weighted by Crippen LogP contribution is 2.33. The molecule has 1 saturated heterocycles. The van der Waals surface area contributed by atoms with E-state index in [-0.39, 0.29) is 18.6 Å². The molecule has 0 aromatic carbocycles. The molecule has 156 valence electrons. The topological polar surface area (TPSA) is 123 Å². The summed E-state index contributed by atoms with van der Waals surface area (Å²) in [6.45, 7) is -0.357. The molecule has 0 bridgehead atoms. The summed E-state index contributed by atoms with van der Waals surface area (Å²) in [4.78, 5) is 24.3. The van der Waals surface area contributed by atoms with Crippen molar-refractivity contribution in [2.45, 2.75) is 43.4 Å². The molecular weight excluding hydrogens is 383 g/mol. The van der Waals surface area contributed by atoms with Gasteiger partial charge in [0.05, 0.1) is 17.8 Å². The third-order valence-electron chi connectivity index (χ3n) is 5.41. The minimum atomic E-state index is -0.764. The van der Waals surface area contributed by atoms with Crippen molar-refractivity contribution in [2.24, 2.45) is 7.05 Å². The summed E-state index contributed by atoms with van der Waals surface area (Å²) in [5, 5.41) is 16.2. The van der Waals surface area contributed by atoms with Crippen molar-refractivity contribution < 1.29 is 23.5 Å². The number of aromatic nitrogens is 4. The third-order valence-corrected chi connectivity index (χ3v) is 5.41. The number of amides is 2. The van der Waals surface area contributed by atoms with E-state index >= 15 is 0 Å². The van der Waals surface area contributed by atoms with Crippen LogP contribution < -0.4 is 10.6 Å². The monoisotopic (exact) mass is 406 g/mol. The zero-order chi connectivity index (χ0) is 20.4. The van der Waals surface area contributed by atoms with E-state index in [1.165, 1.54) is 10.9 Å². The Bertz CT molecular complexity index is 887. The maximum absolute atomic E-state index is 13.1. The molecule has 1 saturated carbocycles. The lowest BCUT2D eigenvalue weighted by atomic mass is 9.78. The number of hydrogen-bond acceptors (Lipinski definition) is 6. The molecule has 1 unspecified atom stereocenters. The SMILES string of the molecule is Cn1nccc1C(=O)Nc1cc(C2C[C@@H](OC(=O)NC3(CF)CCC3)CO2)[nH]n1. The lowest BCUT2D eigenvalue weighted by Gasteiger charge is -2.39. The number of carbonyl (C=O) groups is 2. The molecule has 2 aliphatic rings. The van der Waals surface area contributed by atoms with Crippen molar-refractivity contribution in [3.05, 3.63) is 29.7 Å². The second-order valence-corrected chi connectivity index (χ2v) is 7.48. The second-order valence-electron chi connectivity index (χ2n) is 7.48. The molecule has 1 aliphatic carbocycles. The fraction of sp³-hybridized carbons (Fsp3) is 0.556. The highest BCUT2D eigenvalue weighted by atomic mass is 19.1. The number of nitrogens with one attached hydrogen (secondary N) is 3. The summed E-state index contributed by atoms with van der Waals surface area (Å²) in [7, 11) is 1.67. The fourth-order valence-electron chi connectivity index (χ4n) is 3.53. The molecule has 0 spiro atoms. The largest absolute Gasteiger partial charge is 0.444 e. The standard InChI is InChI=1S/C18H23FN6O4/c1-25-13(3-6-20-25)16(26)21-15-8-12(23-24-15)14-7-11(9-28-14)29-17(27)22-18(10-19)4-2-5-18/h3,6,8,11,14H,2,4-5,7,9-10H2,1H3,(H,22,27)(H2,21,23,24,26)/t11-,14?/m1/s1. The van der Waals surface area contributed by atoms with Crippen LogP contribution >= 0.6 is 0 Å². The van der Waals surface area contributed by atoms with Gasteiger partial charge in [0.2, 0.25) is 0 Å². The van der Waals surface area contributed by atoms with Gasteiger partial charge < -0.3 is 20.1 Å². The van der Waals surface area contributed by atoms with E-state index in [2.05, 4.69) is 25.9 Å². The normalized spacial score (nSPS) is 22.7. The molecule has 2 amide bonds. The second kappa shape index (κ2) is 7.82. The number of rotatable bonds is 6. The van der Waals surface area contributed by atoms with Crippen LogP contribution in [0.25, 0.3) is 0 Å². The molecule has 10 nitrogen and oxygen atoms in total. The Morgan fingerprint density at radius 1 is 1.48 bits per heavy atom. The summed E-state index contributed by atoms with van der Waals surface area (Å²) in [5.41, 5.74) is 0.306. The van der Waals surface area contributed by atoms with E-state index < -0.39 is 24.4 Å². The number of alkyl carbamates (subject to hydrolysis) is 1. The van der Waals surface area contributed by atoms with Gasteiger partial charge in [0, 0.05) is 25.7 Å². The van der Waals surface area contributed by atoms with Gasteiger partial charge in [-0.15, -0.1) is 0 Å². The van der Waals surface area contributed by atoms with E-state index in [0.717, 1.165) is 6.42 Å². The van der Waals surface area contributed by atoms with Crippen molar-refractivity contribution >= 4 is 17.8 Å². The van der Waals surface area contributed by atoms with Gasteiger partial charge in [-0.25, -0.2) is 9.18 Å². The molecule has 2 aromatic rings. The first-order valence-corrected chi connectivity index (χ1v) is 9.49. The van der Waals surface area contributed by atoms with Gasteiger partial charge in [-0.2, -0.15) is 10.2 Å². The van der Waals surface area contributed by atoms with Crippen LogP contribution in [0.4, 0.5) is 15.0 Å². The molecule has 11 heteroatoms. The first-order valence-electron chi connectivity index (χ1n) is 9.49. The van der Waals surface area contributed by atoms with Crippen LogP contribution in [0, 0.1) is 0 Å². The van der Waals surface area contributed by atoms with Crippen molar-refractivity contribution in [1.82, 2.24) is 25.3 Å². The quantitative estimate of drug-likeness (QED) is 0.673. The Morgan fingerprint density at radius 3 is 2.97 bits per heavy atom. The van der Waals surface area contributed by atoms with Crippen LogP contribution in [0.5, 0.6) is 0 Å². The van der Waals surface area contributed by atoms with Gasteiger partial charge in [0.1, 0.15) is 24.6 Å². The molecule has 29 heavy (non-hydrogen) atoms. The number of ether oxygens (including phenoxy) is 2. The average molecular weight is 406 g/mol. The number of aryl methyl sites for hydroxylation is 1. The van der Waals surface area contributed by atoms with Gasteiger partial charge in [-0.05, 0) is 25.3 Å². The maximum Gasteiger partial charge on any atom is 0.408 e. The summed E-state index contributed by atoms with van der Waals surface area (Å²) in [6, 6.07) is 3.28. The minimum absolute atomic E-state index is 0.233. The number of halogens is 1. The number of H-pyrrole nitrogens is 1. The fourth-order valence-corrected chi connectivity index (χ4v) is 3.53. The first kappa shape index (κ1) is 19.4. The van der Waals surface area contributed by atoms with E-state index in [0.29, 0.717) is 36.5 Å². The first-order chi connectivity index (χ1) is 14.0. The Morgan fingerprint density at radius 2 is 2.31 bits per heavy atom. The molecule has 2 atom stereocenters. The Labute approximate surface area is 166 Å². The molecule has 3 N–H and O–H groups in total. The van der Waals surface area contributed by atoms with Crippen LogP contribution in [0.15, 0.2) is 18.3 Å². The molecule has 4 rings (SSSR count). The molecule has 0 radical (unpaired) electrons. The van der Waals surface area contributed by atoms with E-state index in [4.69, 9.17) is 9.47 Å². The van der Waals surface area contributed by atoms with Crippen molar-refractivity contribution in [2.75, 3.05) is 18.6 Å². The van der Waals surface area contributed by atoms with Gasteiger partial charge in [0.15, 0.2) is 5.82 Å². The molecule has 2 fully saturated rings. The van der Waals surface area contributed by atoms with Gasteiger partial charge in [-0.1, -0.05) is 0 Å². The zero-order valence-corrected chi connectivity index (χ0v) is 16.0. The summed E-state index contributed by atoms with van der Waals surface area (Å²) < 4.78 is 25.6. The lowest BCUT2D eigenvalue weighted by Crippen LogP contribution is -2.55. The Kier molecular flexibility index (Phi) is 5.22. The molecule has 2 aromatic heterocycles. The van der Waals surface area contributed by atoms with E-state index in [1.807, 2.05) is 0 Å². The van der Waals surface area contributed by atoms with Gasteiger partial charge in [0.25, 0.3) is 5.91 Å². The maximum atomic E-state index is 13.1. The highest BCUT2D eigenvalue weighted by molar-refractivity contribution is 6.02. The Balaban J connectivity index is 1.29. The van der Waals surface area contributed by atoms with Crippen LogP contribution in [-0.4, -0.2) is 56.9 Å². The Hall–Kier alpha value is -2.95. The van der Waals surface area contributed by atoms with Crippen molar-refractivity contribution in [1.29, 1.82) is 0 Å². The smallest absolute Gasteiger partial charge is 0.408 e. The predicted molar refractivity (Wildman–Crippen MR) is 99.0 cm³/mol. The number of nitrogens with zero attached hydrogens (tertiary/aromatic N) is 3. The van der Waals surface area contributed by atoms with Gasteiger partial charge >= 0.3 is 6.09 Å². The summed E-state index contributed by atoms with van der Waals surface area (Å²) in [5.74, 6) is 0.0258. The lowest BCUT2D eigenvalue weighted by molar-refractivity contribution is 0.0543. The molecule has 3 heterocycles. The molecule has 1 aliphatic heterocycles. The van der Waals surface area contributed by atoms with Crippen molar-refractivity contribution in [3.8, 4) is 0 Å². The van der Waals surface area contributed by atoms with Crippen LogP contribution in [0.3, 0.4) is 0 Å².